The zero-order valence-corrected chi connectivity index (χ0v) is 15.2. The van der Waals surface area contributed by atoms with Gasteiger partial charge in [-0.3, -0.25) is 0 Å². The fourth-order valence-electron chi connectivity index (χ4n) is 2.66. The predicted molar refractivity (Wildman–Crippen MR) is 94.2 cm³/mol. The van der Waals surface area contributed by atoms with Crippen LogP contribution in [0.25, 0.3) is 0 Å². The van der Waals surface area contributed by atoms with Crippen molar-refractivity contribution in [2.24, 2.45) is 0 Å². The monoisotopic (exact) mass is 363 g/mol. The molecule has 1 aliphatic rings. The summed E-state index contributed by atoms with van der Waals surface area (Å²) in [6, 6.07) is 14.7. The molecule has 0 radical (unpaired) electrons. The molecular formula is C18H23N2O4S+. The average molecular weight is 363 g/mol. The van der Waals surface area contributed by atoms with Gasteiger partial charge in [-0.15, -0.1) is 0 Å². The summed E-state index contributed by atoms with van der Waals surface area (Å²) >= 11 is 0. The average Bonchev–Trinajstić information content (AvgIpc) is 2.62. The number of hydrogen-bond donors (Lipinski definition) is 1. The highest BCUT2D eigenvalue weighted by Crippen LogP contribution is 2.30. The molecule has 3 rings (SSSR count). The number of nitrogens with zero attached hydrogens (tertiary/aromatic N) is 1. The van der Waals surface area contributed by atoms with Crippen molar-refractivity contribution >= 4 is 10.0 Å². The van der Waals surface area contributed by atoms with Crippen molar-refractivity contribution in [1.82, 2.24) is 4.31 Å². The lowest BCUT2D eigenvalue weighted by Crippen LogP contribution is -2.85. The van der Waals surface area contributed by atoms with Gasteiger partial charge >= 0.3 is 0 Å². The Morgan fingerprint density at radius 1 is 1.12 bits per heavy atom. The molecule has 25 heavy (non-hydrogen) atoms. The number of hydrogen-bond acceptors (Lipinski definition) is 4. The van der Waals surface area contributed by atoms with E-state index in [4.69, 9.17) is 9.47 Å². The lowest BCUT2D eigenvalue weighted by Gasteiger charge is -2.25. The van der Waals surface area contributed by atoms with E-state index in [0.717, 1.165) is 23.6 Å². The van der Waals surface area contributed by atoms with E-state index in [1.54, 1.807) is 18.2 Å². The molecule has 0 fully saturated rings. The third-order valence-electron chi connectivity index (χ3n) is 4.05. The second-order valence-electron chi connectivity index (χ2n) is 6.16. The number of ether oxygens (including phenoxy) is 2. The van der Waals surface area contributed by atoms with Crippen molar-refractivity contribution in [3.8, 4) is 11.5 Å². The summed E-state index contributed by atoms with van der Waals surface area (Å²) in [5, 5.41) is 2.10. The molecule has 0 aromatic heterocycles. The number of sulfonamides is 1. The maximum absolute atomic E-state index is 12.2. The molecule has 0 spiro atoms. The van der Waals surface area contributed by atoms with Gasteiger partial charge in [0, 0.05) is 19.7 Å². The Kier molecular flexibility index (Phi) is 5.27. The van der Waals surface area contributed by atoms with Gasteiger partial charge in [-0.1, -0.05) is 24.3 Å². The van der Waals surface area contributed by atoms with Gasteiger partial charge in [0.1, 0.15) is 19.7 Å². The van der Waals surface area contributed by atoms with Gasteiger partial charge < -0.3 is 14.8 Å². The molecule has 7 heteroatoms. The van der Waals surface area contributed by atoms with Crippen molar-refractivity contribution < 1.29 is 23.2 Å². The molecular weight excluding hydrogens is 340 g/mol. The topological polar surface area (TPSA) is 72.5 Å². The van der Waals surface area contributed by atoms with Crippen LogP contribution >= 0.6 is 0 Å². The first-order chi connectivity index (χ1) is 12.0. The van der Waals surface area contributed by atoms with Crippen LogP contribution in [0.15, 0.2) is 53.4 Å². The van der Waals surface area contributed by atoms with Gasteiger partial charge in [-0.2, -0.15) is 0 Å². The maximum atomic E-state index is 12.2. The molecule has 0 amide bonds. The molecule has 6 nitrogen and oxygen atoms in total. The number of para-hydroxylation sites is 2. The Morgan fingerprint density at radius 3 is 2.64 bits per heavy atom. The quantitative estimate of drug-likeness (QED) is 0.826. The van der Waals surface area contributed by atoms with Crippen LogP contribution < -0.4 is 14.8 Å². The van der Waals surface area contributed by atoms with Gasteiger partial charge in [0.25, 0.3) is 0 Å². The van der Waals surface area contributed by atoms with Crippen LogP contribution in [0.4, 0.5) is 0 Å². The molecule has 0 bridgehead atoms. The van der Waals surface area contributed by atoms with Crippen LogP contribution in [-0.2, 0) is 16.6 Å². The van der Waals surface area contributed by atoms with Crippen molar-refractivity contribution in [3.63, 3.8) is 0 Å². The molecule has 1 atom stereocenters. The minimum atomic E-state index is -3.40. The summed E-state index contributed by atoms with van der Waals surface area (Å²) in [5.74, 6) is 1.55. The van der Waals surface area contributed by atoms with Crippen molar-refractivity contribution in [1.29, 1.82) is 0 Å². The van der Waals surface area contributed by atoms with E-state index in [1.165, 1.54) is 18.4 Å². The van der Waals surface area contributed by atoms with Crippen LogP contribution in [0.1, 0.15) is 5.56 Å². The van der Waals surface area contributed by atoms with Crippen LogP contribution in [-0.4, -0.2) is 46.1 Å². The highest BCUT2D eigenvalue weighted by molar-refractivity contribution is 7.89. The van der Waals surface area contributed by atoms with E-state index >= 15 is 0 Å². The van der Waals surface area contributed by atoms with Crippen molar-refractivity contribution in [3.05, 3.63) is 54.1 Å². The Morgan fingerprint density at radius 2 is 1.88 bits per heavy atom. The van der Waals surface area contributed by atoms with Gasteiger partial charge in [-0.25, -0.2) is 12.7 Å². The third kappa shape index (κ3) is 4.12. The minimum absolute atomic E-state index is 0.0245. The minimum Gasteiger partial charge on any atom is -0.486 e. The highest BCUT2D eigenvalue weighted by Gasteiger charge is 2.22. The Bertz CT molecular complexity index is 836. The normalized spacial score (nSPS) is 16.8. The van der Waals surface area contributed by atoms with E-state index in [0.29, 0.717) is 18.0 Å². The summed E-state index contributed by atoms with van der Waals surface area (Å²) in [5.41, 5.74) is 0.958. The van der Waals surface area contributed by atoms with Crippen molar-refractivity contribution in [2.75, 3.05) is 27.2 Å². The van der Waals surface area contributed by atoms with E-state index in [-0.39, 0.29) is 6.10 Å². The van der Waals surface area contributed by atoms with Crippen LogP contribution in [0, 0.1) is 0 Å². The Balaban J connectivity index is 1.57. The number of benzene rings is 2. The van der Waals surface area contributed by atoms with Crippen LogP contribution in [0.2, 0.25) is 0 Å². The fraction of sp³-hybridized carbons (Fsp3) is 0.333. The van der Waals surface area contributed by atoms with E-state index in [9.17, 15) is 8.42 Å². The van der Waals surface area contributed by atoms with Gasteiger partial charge in [0.15, 0.2) is 17.6 Å². The Hall–Kier alpha value is -2.09. The summed E-state index contributed by atoms with van der Waals surface area (Å²) < 4.78 is 37.2. The summed E-state index contributed by atoms with van der Waals surface area (Å²) in [7, 11) is -0.335. The first-order valence-electron chi connectivity index (χ1n) is 8.18. The summed E-state index contributed by atoms with van der Waals surface area (Å²) in [4.78, 5) is 0.314. The lowest BCUT2D eigenvalue weighted by molar-refractivity contribution is -0.676. The molecule has 2 N–H and O–H groups in total. The highest BCUT2D eigenvalue weighted by atomic mass is 32.2. The van der Waals surface area contributed by atoms with Crippen molar-refractivity contribution in [2.45, 2.75) is 17.5 Å². The molecule has 1 aliphatic heterocycles. The van der Waals surface area contributed by atoms with Gasteiger partial charge in [-0.05, 0) is 24.3 Å². The molecule has 0 saturated heterocycles. The molecule has 134 valence electrons. The Labute approximate surface area is 148 Å². The first kappa shape index (κ1) is 17.7. The number of quaternary nitrogens is 1. The number of nitrogens with two attached hydrogens (primary N) is 1. The fourth-order valence-corrected chi connectivity index (χ4v) is 3.63. The lowest BCUT2D eigenvalue weighted by atomic mass is 10.2. The zero-order chi connectivity index (χ0) is 17.9. The maximum Gasteiger partial charge on any atom is 0.242 e. The number of rotatable bonds is 6. The second kappa shape index (κ2) is 7.43. The number of fused-ring (bicyclic) bond motifs is 1. The predicted octanol–water partition coefficient (Wildman–Crippen LogP) is 0.840. The SMILES string of the molecule is CN(C)S(=O)(=O)c1cccc(C[NH2+]C[C@H]2COc3ccccc3O2)c1. The van der Waals surface area contributed by atoms with Crippen LogP contribution in [0.3, 0.4) is 0 Å². The van der Waals surface area contributed by atoms with E-state index in [2.05, 4.69) is 5.32 Å². The van der Waals surface area contributed by atoms with Gasteiger partial charge in [0.05, 0.1) is 4.90 Å². The summed E-state index contributed by atoms with van der Waals surface area (Å²) in [6.45, 7) is 1.93. The molecule has 0 saturated carbocycles. The zero-order valence-electron chi connectivity index (χ0n) is 14.4. The van der Waals surface area contributed by atoms with Gasteiger partial charge in [0.2, 0.25) is 10.0 Å². The molecule has 0 aliphatic carbocycles. The third-order valence-corrected chi connectivity index (χ3v) is 5.87. The largest absolute Gasteiger partial charge is 0.486 e. The summed E-state index contributed by atoms with van der Waals surface area (Å²) in [6.07, 6.45) is -0.0245. The van der Waals surface area contributed by atoms with E-state index in [1.807, 2.05) is 30.3 Å². The molecule has 2 aromatic carbocycles. The van der Waals surface area contributed by atoms with E-state index < -0.39 is 10.0 Å². The molecule has 1 heterocycles. The standard InChI is InChI=1S/C18H22N2O4S/c1-20(2)25(21,22)16-7-5-6-14(10-16)11-19-12-15-13-23-17-8-3-4-9-18(17)24-15/h3-10,15,19H,11-13H2,1-2H3/p+1/t15-/m0/s1. The molecule has 2 aromatic rings. The second-order valence-corrected chi connectivity index (χ2v) is 8.31. The smallest absolute Gasteiger partial charge is 0.242 e. The van der Waals surface area contributed by atoms with Crippen LogP contribution in [0.5, 0.6) is 11.5 Å². The first-order valence-corrected chi connectivity index (χ1v) is 9.62. The molecule has 0 unspecified atom stereocenters.